The highest BCUT2D eigenvalue weighted by Crippen LogP contribution is 2.07. The predicted octanol–water partition coefficient (Wildman–Crippen LogP) is 2.22. The Morgan fingerprint density at radius 3 is 2.87 bits per heavy atom. The Labute approximate surface area is 90.1 Å². The van der Waals surface area contributed by atoms with Crippen molar-refractivity contribution in [1.82, 2.24) is 14.7 Å². The van der Waals surface area contributed by atoms with Crippen molar-refractivity contribution in [3.05, 3.63) is 36.3 Å². The van der Waals surface area contributed by atoms with Crippen LogP contribution in [0.25, 0.3) is 5.65 Å². The molecule has 2 heterocycles. The molecule has 0 aliphatic carbocycles. The maximum absolute atomic E-state index is 4.26. The second-order valence-electron chi connectivity index (χ2n) is 4.78. The number of hydrogen-bond acceptors (Lipinski definition) is 2. The Bertz CT molecular complexity index is 451. The summed E-state index contributed by atoms with van der Waals surface area (Å²) in [5.74, 6) is 0. The van der Waals surface area contributed by atoms with Gasteiger partial charge in [-0.05, 0) is 32.9 Å². The molecule has 0 atom stereocenters. The van der Waals surface area contributed by atoms with E-state index in [1.54, 1.807) is 0 Å². The fourth-order valence-corrected chi connectivity index (χ4v) is 1.51. The number of nitrogens with zero attached hydrogens (tertiary/aromatic N) is 2. The normalized spacial score (nSPS) is 12.2. The zero-order valence-electron chi connectivity index (χ0n) is 9.49. The van der Waals surface area contributed by atoms with Crippen LogP contribution in [0.3, 0.4) is 0 Å². The summed E-state index contributed by atoms with van der Waals surface area (Å²) in [6.45, 7) is 7.36. The van der Waals surface area contributed by atoms with E-state index in [-0.39, 0.29) is 5.54 Å². The van der Waals surface area contributed by atoms with Gasteiger partial charge in [-0.1, -0.05) is 6.07 Å². The molecule has 0 saturated heterocycles. The first-order chi connectivity index (χ1) is 7.06. The van der Waals surface area contributed by atoms with Crippen LogP contribution in [-0.2, 0) is 6.54 Å². The van der Waals surface area contributed by atoms with E-state index in [2.05, 4.69) is 41.5 Å². The van der Waals surface area contributed by atoms with Gasteiger partial charge in [0.1, 0.15) is 5.65 Å². The van der Waals surface area contributed by atoms with Gasteiger partial charge in [-0.25, -0.2) is 4.98 Å². The van der Waals surface area contributed by atoms with E-state index in [9.17, 15) is 0 Å². The maximum atomic E-state index is 4.26. The van der Waals surface area contributed by atoms with Crippen LogP contribution >= 0.6 is 0 Å². The first-order valence-electron chi connectivity index (χ1n) is 5.22. The quantitative estimate of drug-likeness (QED) is 0.811. The van der Waals surface area contributed by atoms with Gasteiger partial charge in [0.15, 0.2) is 0 Å². The number of pyridine rings is 1. The first kappa shape index (κ1) is 10.2. The molecule has 2 rings (SSSR count). The van der Waals surface area contributed by atoms with E-state index < -0.39 is 0 Å². The van der Waals surface area contributed by atoms with Crippen molar-refractivity contribution < 1.29 is 0 Å². The molecule has 0 radical (unpaired) electrons. The molecule has 0 unspecified atom stereocenters. The number of nitrogens with one attached hydrogen (secondary N) is 1. The number of aromatic nitrogens is 2. The molecule has 2 aromatic rings. The minimum Gasteiger partial charge on any atom is -0.307 e. The third kappa shape index (κ3) is 2.36. The maximum Gasteiger partial charge on any atom is 0.136 e. The molecule has 0 aliphatic heterocycles. The van der Waals surface area contributed by atoms with Gasteiger partial charge < -0.3 is 9.72 Å². The SMILES string of the molecule is CC(C)(C)NCc1cccc2nccn12. The smallest absolute Gasteiger partial charge is 0.136 e. The fourth-order valence-electron chi connectivity index (χ4n) is 1.51. The van der Waals surface area contributed by atoms with E-state index in [4.69, 9.17) is 0 Å². The molecule has 3 heteroatoms. The molecule has 0 fully saturated rings. The lowest BCUT2D eigenvalue weighted by Crippen LogP contribution is -2.35. The monoisotopic (exact) mass is 203 g/mol. The minimum absolute atomic E-state index is 0.142. The highest BCUT2D eigenvalue weighted by Gasteiger charge is 2.09. The molecular weight excluding hydrogens is 186 g/mol. The van der Waals surface area contributed by atoms with Crippen LogP contribution in [0.4, 0.5) is 0 Å². The lowest BCUT2D eigenvalue weighted by atomic mass is 10.1. The molecule has 80 valence electrons. The average Bonchev–Trinajstić information content (AvgIpc) is 2.61. The van der Waals surface area contributed by atoms with E-state index in [1.165, 1.54) is 5.69 Å². The second kappa shape index (κ2) is 3.66. The minimum atomic E-state index is 0.142. The molecular formula is C12H17N3. The summed E-state index contributed by atoms with van der Waals surface area (Å²) in [6, 6.07) is 6.18. The van der Waals surface area contributed by atoms with Crippen molar-refractivity contribution in [2.24, 2.45) is 0 Å². The Hall–Kier alpha value is -1.35. The third-order valence-electron chi connectivity index (χ3n) is 2.31. The highest BCUT2D eigenvalue weighted by atomic mass is 15.0. The van der Waals surface area contributed by atoms with Gasteiger partial charge in [-0.3, -0.25) is 0 Å². The largest absolute Gasteiger partial charge is 0.307 e. The Kier molecular flexibility index (Phi) is 2.49. The summed E-state index contributed by atoms with van der Waals surface area (Å²) in [5, 5.41) is 3.47. The Morgan fingerprint density at radius 2 is 2.13 bits per heavy atom. The summed E-state index contributed by atoms with van der Waals surface area (Å²) in [6.07, 6.45) is 3.82. The molecule has 2 aromatic heterocycles. The zero-order valence-corrected chi connectivity index (χ0v) is 9.49. The van der Waals surface area contributed by atoms with Gasteiger partial charge in [0.05, 0.1) is 0 Å². The highest BCUT2D eigenvalue weighted by molar-refractivity contribution is 5.39. The molecule has 0 saturated carbocycles. The standard InChI is InChI=1S/C12H17N3/c1-12(2,3)14-9-10-5-4-6-11-13-7-8-15(10)11/h4-8,14H,9H2,1-3H3. The zero-order chi connectivity index (χ0) is 10.9. The summed E-state index contributed by atoms with van der Waals surface area (Å²) < 4.78 is 2.11. The topological polar surface area (TPSA) is 29.3 Å². The van der Waals surface area contributed by atoms with Crippen LogP contribution in [-0.4, -0.2) is 14.9 Å². The van der Waals surface area contributed by atoms with Crippen LogP contribution in [0.5, 0.6) is 0 Å². The third-order valence-corrected chi connectivity index (χ3v) is 2.31. The lowest BCUT2D eigenvalue weighted by Gasteiger charge is -2.20. The van der Waals surface area contributed by atoms with E-state index >= 15 is 0 Å². The van der Waals surface area contributed by atoms with Crippen molar-refractivity contribution in [3.63, 3.8) is 0 Å². The van der Waals surface area contributed by atoms with Gasteiger partial charge in [-0.15, -0.1) is 0 Å². The van der Waals surface area contributed by atoms with Crippen molar-refractivity contribution in [2.75, 3.05) is 0 Å². The number of rotatable bonds is 2. The van der Waals surface area contributed by atoms with Gasteiger partial charge in [-0.2, -0.15) is 0 Å². The summed E-state index contributed by atoms with van der Waals surface area (Å²) >= 11 is 0. The van der Waals surface area contributed by atoms with Crippen LogP contribution in [0.1, 0.15) is 26.5 Å². The molecule has 0 bridgehead atoms. The van der Waals surface area contributed by atoms with Gasteiger partial charge >= 0.3 is 0 Å². The fraction of sp³-hybridized carbons (Fsp3) is 0.417. The van der Waals surface area contributed by atoms with E-state index in [0.717, 1.165) is 12.2 Å². The van der Waals surface area contributed by atoms with Crippen LogP contribution in [0.15, 0.2) is 30.6 Å². The summed E-state index contributed by atoms with van der Waals surface area (Å²) in [5.41, 5.74) is 2.38. The molecule has 0 spiro atoms. The van der Waals surface area contributed by atoms with Crippen molar-refractivity contribution in [1.29, 1.82) is 0 Å². The average molecular weight is 203 g/mol. The van der Waals surface area contributed by atoms with Crippen molar-refractivity contribution in [2.45, 2.75) is 32.9 Å². The van der Waals surface area contributed by atoms with E-state index in [1.807, 2.05) is 24.5 Å². The molecule has 0 amide bonds. The van der Waals surface area contributed by atoms with Crippen molar-refractivity contribution in [3.8, 4) is 0 Å². The van der Waals surface area contributed by atoms with Crippen molar-refractivity contribution >= 4 is 5.65 Å². The lowest BCUT2D eigenvalue weighted by molar-refractivity contribution is 0.420. The number of fused-ring (bicyclic) bond motifs is 1. The van der Waals surface area contributed by atoms with Crippen LogP contribution in [0, 0.1) is 0 Å². The van der Waals surface area contributed by atoms with Gasteiger partial charge in [0.25, 0.3) is 0 Å². The van der Waals surface area contributed by atoms with Crippen LogP contribution < -0.4 is 5.32 Å². The van der Waals surface area contributed by atoms with E-state index in [0.29, 0.717) is 0 Å². The molecule has 0 aromatic carbocycles. The predicted molar refractivity (Wildman–Crippen MR) is 61.8 cm³/mol. The molecule has 1 N–H and O–H groups in total. The van der Waals surface area contributed by atoms with Crippen LogP contribution in [0.2, 0.25) is 0 Å². The first-order valence-corrected chi connectivity index (χ1v) is 5.22. The van der Waals surface area contributed by atoms with Gasteiger partial charge in [0.2, 0.25) is 0 Å². The Morgan fingerprint density at radius 1 is 1.33 bits per heavy atom. The van der Waals surface area contributed by atoms with Gasteiger partial charge in [0, 0.05) is 30.2 Å². The number of hydrogen-bond donors (Lipinski definition) is 1. The second-order valence-corrected chi connectivity index (χ2v) is 4.78. The molecule has 0 aliphatic rings. The molecule has 3 nitrogen and oxygen atoms in total. The molecule has 15 heavy (non-hydrogen) atoms. The summed E-state index contributed by atoms with van der Waals surface area (Å²) in [4.78, 5) is 4.26. The number of imidazole rings is 1. The summed E-state index contributed by atoms with van der Waals surface area (Å²) in [7, 11) is 0. The Balaban J connectivity index is 2.24.